The molecule has 0 fully saturated rings. The van der Waals surface area contributed by atoms with E-state index in [0.717, 1.165) is 0 Å². The molecular weight excluding hydrogens is 394 g/mol. The molecular formula is C17H27Cl2SiZr. The van der Waals surface area contributed by atoms with Crippen LogP contribution in [-0.2, 0) is 20.9 Å². The van der Waals surface area contributed by atoms with E-state index >= 15 is 0 Å². The maximum absolute atomic E-state index is 2.60. The third-order valence-electron chi connectivity index (χ3n) is 4.13. The smallest absolute Gasteiger partial charge is 1.00 e. The Morgan fingerprint density at radius 1 is 0.952 bits per heavy atom. The fourth-order valence-corrected chi connectivity index (χ4v) is 24.3. The summed E-state index contributed by atoms with van der Waals surface area (Å²) in [7, 11) is 0. The van der Waals surface area contributed by atoms with Crippen LogP contribution >= 0.6 is 0 Å². The van der Waals surface area contributed by atoms with Crippen LogP contribution in [0.2, 0.25) is 13.1 Å². The predicted molar refractivity (Wildman–Crippen MR) is 85.6 cm³/mol. The van der Waals surface area contributed by atoms with E-state index in [1.54, 1.807) is 11.1 Å². The van der Waals surface area contributed by atoms with Crippen LogP contribution < -0.4 is 24.8 Å². The van der Waals surface area contributed by atoms with Gasteiger partial charge in [-0.3, -0.25) is 0 Å². The summed E-state index contributed by atoms with van der Waals surface area (Å²) in [5, 5.41) is 0. The molecule has 0 nitrogen and oxygen atoms in total. The van der Waals surface area contributed by atoms with Gasteiger partial charge in [0.25, 0.3) is 0 Å². The summed E-state index contributed by atoms with van der Waals surface area (Å²) in [6.45, 7) is 14.7. The second kappa shape index (κ2) is 8.48. The standard InChI is InChI=1S/C9H13.C6H7.C2H7Si.2ClH.Zr/c1-9(2,3)8-6-4-5-7-8;1-6-4-2-3-5-6;1-3-2;;;/h4,6H,5H2,1-3H3;2,4H,3H2,1H3;3H,1-2H3;2*1H;/q;;;;;+2/p-2. The molecule has 0 radical (unpaired) electrons. The van der Waals surface area contributed by atoms with Crippen molar-refractivity contribution in [2.75, 3.05) is 0 Å². The second-order valence-electron chi connectivity index (χ2n) is 7.09. The SMILES string of the molecule is CC1=[C]([Zr+2]([C]2=C(C(C)(C)C)C=CC2)[SiH](C)C)CC=C1.[Cl-].[Cl-]. The molecule has 0 unspecified atom stereocenters. The van der Waals surface area contributed by atoms with Crippen molar-refractivity contribution in [3.63, 3.8) is 0 Å². The average Bonchev–Trinajstić information content (AvgIpc) is 2.88. The quantitative estimate of drug-likeness (QED) is 0.518. The Balaban J connectivity index is 0.00000200. The Labute approximate surface area is 151 Å². The summed E-state index contributed by atoms with van der Waals surface area (Å²) in [5.74, 6) is -0.540. The molecule has 0 saturated heterocycles. The second-order valence-corrected chi connectivity index (χ2v) is 26.3. The molecule has 2 rings (SSSR count). The van der Waals surface area contributed by atoms with Gasteiger partial charge in [-0.1, -0.05) is 0 Å². The van der Waals surface area contributed by atoms with Crippen LogP contribution in [0.15, 0.2) is 42.0 Å². The normalized spacial score (nSPS) is 17.5. The predicted octanol–water partition coefficient (Wildman–Crippen LogP) is -0.910. The van der Waals surface area contributed by atoms with Crippen LogP contribution in [0.3, 0.4) is 0 Å². The van der Waals surface area contributed by atoms with E-state index in [-0.39, 0.29) is 24.8 Å². The topological polar surface area (TPSA) is 0 Å². The zero-order valence-electron chi connectivity index (χ0n) is 14.1. The molecule has 2 aliphatic carbocycles. The molecule has 0 atom stereocenters. The van der Waals surface area contributed by atoms with Crippen molar-refractivity contribution < 1.29 is 45.7 Å². The maximum atomic E-state index is 2.60. The fraction of sp³-hybridized carbons (Fsp3) is 0.529. The molecule has 0 spiro atoms. The summed E-state index contributed by atoms with van der Waals surface area (Å²) in [5.41, 5.74) is 3.64. The number of rotatable bonds is 3. The molecule has 0 aliphatic heterocycles. The van der Waals surface area contributed by atoms with Gasteiger partial charge in [0.1, 0.15) is 0 Å². The summed E-state index contributed by atoms with van der Waals surface area (Å²) in [4.78, 5) is 0. The van der Waals surface area contributed by atoms with Gasteiger partial charge in [-0.25, -0.2) is 0 Å². The Hall–Kier alpha value is 0.640. The van der Waals surface area contributed by atoms with Crippen molar-refractivity contribution >= 4 is 5.92 Å². The Bertz CT molecular complexity index is 493. The number of hydrogen-bond donors (Lipinski definition) is 0. The summed E-state index contributed by atoms with van der Waals surface area (Å²) < 4.78 is 3.83. The van der Waals surface area contributed by atoms with Crippen molar-refractivity contribution in [2.45, 2.75) is 53.6 Å². The molecule has 117 valence electrons. The fourth-order valence-electron chi connectivity index (χ4n) is 3.28. The Morgan fingerprint density at radius 2 is 1.48 bits per heavy atom. The monoisotopic (exact) mass is 419 g/mol. The van der Waals surface area contributed by atoms with Crippen molar-refractivity contribution in [1.29, 1.82) is 0 Å². The van der Waals surface area contributed by atoms with E-state index in [1.165, 1.54) is 12.8 Å². The molecule has 4 heteroatoms. The molecule has 0 saturated carbocycles. The van der Waals surface area contributed by atoms with Crippen LogP contribution in [0, 0.1) is 5.41 Å². The van der Waals surface area contributed by atoms with Gasteiger partial charge in [-0.05, 0) is 0 Å². The third-order valence-corrected chi connectivity index (χ3v) is 23.8. The summed E-state index contributed by atoms with van der Waals surface area (Å²) in [6, 6.07) is 0. The van der Waals surface area contributed by atoms with Crippen LogP contribution in [0.4, 0.5) is 0 Å². The molecule has 0 aromatic carbocycles. The molecule has 21 heavy (non-hydrogen) atoms. The van der Waals surface area contributed by atoms with Crippen molar-refractivity contribution in [1.82, 2.24) is 0 Å². The van der Waals surface area contributed by atoms with Crippen molar-refractivity contribution in [3.8, 4) is 0 Å². The zero-order valence-corrected chi connectivity index (χ0v) is 19.2. The maximum Gasteiger partial charge on any atom is -1.00 e. The van der Waals surface area contributed by atoms with E-state index in [9.17, 15) is 0 Å². The zero-order chi connectivity index (χ0) is 14.2. The van der Waals surface area contributed by atoms with Gasteiger partial charge < -0.3 is 24.8 Å². The van der Waals surface area contributed by atoms with Gasteiger partial charge in [0.15, 0.2) is 0 Å². The third kappa shape index (κ3) is 4.80. The molecule has 2 aliphatic rings. The van der Waals surface area contributed by atoms with Crippen molar-refractivity contribution in [3.05, 3.63) is 42.0 Å². The number of halogens is 2. The van der Waals surface area contributed by atoms with Gasteiger partial charge in [-0.15, -0.1) is 0 Å². The van der Waals surface area contributed by atoms with E-state index in [4.69, 9.17) is 0 Å². The molecule has 0 heterocycles. The number of hydrogen-bond acceptors (Lipinski definition) is 0. The minimum atomic E-state index is -1.53. The first-order valence-corrected chi connectivity index (χ1v) is 17.1. The van der Waals surface area contributed by atoms with Crippen LogP contribution in [0.1, 0.15) is 40.5 Å². The molecule has 0 N–H and O–H groups in total. The van der Waals surface area contributed by atoms with Crippen LogP contribution in [0.25, 0.3) is 0 Å². The van der Waals surface area contributed by atoms with Crippen molar-refractivity contribution in [2.24, 2.45) is 5.41 Å². The summed E-state index contributed by atoms with van der Waals surface area (Å²) in [6.07, 6.45) is 12.2. The molecule has 0 aromatic rings. The van der Waals surface area contributed by atoms with Crippen LogP contribution in [-0.4, -0.2) is 5.92 Å². The van der Waals surface area contributed by atoms with Gasteiger partial charge in [0.2, 0.25) is 0 Å². The van der Waals surface area contributed by atoms with Gasteiger partial charge in [0, 0.05) is 0 Å². The minimum absolute atomic E-state index is 0. The first-order valence-electron chi connectivity index (χ1n) is 7.46. The minimum Gasteiger partial charge on any atom is -1.00 e. The first kappa shape index (κ1) is 21.6. The summed E-state index contributed by atoms with van der Waals surface area (Å²) >= 11 is -1.53. The first-order chi connectivity index (χ1) is 8.82. The molecule has 0 amide bonds. The Kier molecular flexibility index (Phi) is 8.74. The van der Waals surface area contributed by atoms with E-state index < -0.39 is 26.8 Å². The molecule has 0 bridgehead atoms. The number of allylic oxidation sites excluding steroid dienone is 8. The molecule has 0 aromatic heterocycles. The average molecular weight is 422 g/mol. The van der Waals surface area contributed by atoms with Gasteiger partial charge in [-0.2, -0.15) is 0 Å². The van der Waals surface area contributed by atoms with Gasteiger partial charge in [0.05, 0.1) is 0 Å². The van der Waals surface area contributed by atoms with Crippen LogP contribution in [0.5, 0.6) is 0 Å². The van der Waals surface area contributed by atoms with Gasteiger partial charge >= 0.3 is 128 Å². The largest absolute Gasteiger partial charge is 1.00 e. The Morgan fingerprint density at radius 3 is 1.90 bits per heavy atom. The van der Waals surface area contributed by atoms with E-state index in [1.807, 2.05) is 6.56 Å². The van der Waals surface area contributed by atoms with E-state index in [2.05, 4.69) is 65.1 Å². The van der Waals surface area contributed by atoms with E-state index in [0.29, 0.717) is 5.41 Å².